The lowest BCUT2D eigenvalue weighted by molar-refractivity contribution is -0.133. The van der Waals surface area contributed by atoms with Crippen LogP contribution in [0.1, 0.15) is 41.5 Å². The standard InChI is InChI=1S/C26H32FN3O5/c1-16-13-30(18(3)31)17(2)15-35-23-12-21(28-25(32)19-6-8-20(27)9-7-19)10-11-22(23)26(33)29(4)14-24(16)34-5/h6-12,16-17,24H,13-15H2,1-5H3,(H,28,32)/t16-,17+,24-/m1/s1. The monoisotopic (exact) mass is 485 g/mol. The molecule has 1 heterocycles. The number of rotatable bonds is 3. The maximum atomic E-state index is 13.3. The van der Waals surface area contributed by atoms with Crippen LogP contribution in [0.3, 0.4) is 0 Å². The molecule has 1 N–H and O–H groups in total. The van der Waals surface area contributed by atoms with Crippen LogP contribution in [-0.2, 0) is 9.53 Å². The lowest BCUT2D eigenvalue weighted by Gasteiger charge is -2.35. The van der Waals surface area contributed by atoms with E-state index in [2.05, 4.69) is 5.32 Å². The molecule has 8 nitrogen and oxygen atoms in total. The van der Waals surface area contributed by atoms with Crippen molar-refractivity contribution in [3.63, 3.8) is 0 Å². The van der Waals surface area contributed by atoms with E-state index in [9.17, 15) is 18.8 Å². The molecular weight excluding hydrogens is 453 g/mol. The fraction of sp³-hybridized carbons (Fsp3) is 0.423. The first-order chi connectivity index (χ1) is 16.6. The summed E-state index contributed by atoms with van der Waals surface area (Å²) >= 11 is 0. The number of carbonyl (C=O) groups excluding carboxylic acids is 3. The molecule has 0 saturated heterocycles. The number of anilines is 1. The van der Waals surface area contributed by atoms with E-state index in [4.69, 9.17) is 9.47 Å². The summed E-state index contributed by atoms with van der Waals surface area (Å²) in [4.78, 5) is 41.5. The second kappa shape index (κ2) is 11.3. The summed E-state index contributed by atoms with van der Waals surface area (Å²) < 4.78 is 24.9. The SMILES string of the molecule is CO[C@@H]1CN(C)C(=O)c2ccc(NC(=O)c3ccc(F)cc3)cc2OC[C@H](C)N(C(C)=O)C[C@H]1C. The summed E-state index contributed by atoms with van der Waals surface area (Å²) in [6, 6.07) is 9.72. The predicted octanol–water partition coefficient (Wildman–Crippen LogP) is 3.43. The predicted molar refractivity (Wildman–Crippen MR) is 130 cm³/mol. The Morgan fingerprint density at radius 3 is 2.43 bits per heavy atom. The molecule has 0 aromatic heterocycles. The number of carbonyl (C=O) groups is 3. The zero-order valence-corrected chi connectivity index (χ0v) is 20.7. The van der Waals surface area contributed by atoms with Crippen molar-refractivity contribution in [2.24, 2.45) is 5.92 Å². The minimum atomic E-state index is -0.434. The zero-order chi connectivity index (χ0) is 25.7. The number of methoxy groups -OCH3 is 1. The average molecular weight is 486 g/mol. The molecule has 2 aromatic carbocycles. The molecule has 1 aliphatic rings. The first-order valence-corrected chi connectivity index (χ1v) is 11.5. The number of amides is 3. The van der Waals surface area contributed by atoms with Crippen molar-refractivity contribution < 1.29 is 28.2 Å². The molecule has 0 fully saturated rings. The molecular formula is C26H32FN3O5. The first-order valence-electron chi connectivity index (χ1n) is 11.5. The van der Waals surface area contributed by atoms with Crippen molar-refractivity contribution in [2.75, 3.05) is 39.2 Å². The highest BCUT2D eigenvalue weighted by Gasteiger charge is 2.29. The van der Waals surface area contributed by atoms with E-state index in [1.54, 1.807) is 42.2 Å². The van der Waals surface area contributed by atoms with E-state index >= 15 is 0 Å². The van der Waals surface area contributed by atoms with Crippen molar-refractivity contribution in [3.05, 3.63) is 59.4 Å². The molecule has 0 bridgehead atoms. The second-order valence-corrected chi connectivity index (χ2v) is 8.94. The molecule has 2 aromatic rings. The van der Waals surface area contributed by atoms with Gasteiger partial charge in [0.1, 0.15) is 18.2 Å². The van der Waals surface area contributed by atoms with E-state index in [0.29, 0.717) is 29.9 Å². The van der Waals surface area contributed by atoms with Crippen LogP contribution in [0.2, 0.25) is 0 Å². The van der Waals surface area contributed by atoms with Gasteiger partial charge in [-0.15, -0.1) is 0 Å². The lowest BCUT2D eigenvalue weighted by atomic mass is 10.0. The fourth-order valence-corrected chi connectivity index (χ4v) is 4.09. The van der Waals surface area contributed by atoms with Gasteiger partial charge >= 0.3 is 0 Å². The Kier molecular flexibility index (Phi) is 8.45. The highest BCUT2D eigenvalue weighted by atomic mass is 19.1. The Morgan fingerprint density at radius 1 is 1.11 bits per heavy atom. The van der Waals surface area contributed by atoms with Gasteiger partial charge in [-0.3, -0.25) is 14.4 Å². The highest BCUT2D eigenvalue weighted by Crippen LogP contribution is 2.27. The molecule has 3 rings (SSSR count). The van der Waals surface area contributed by atoms with Crippen LogP contribution in [0.5, 0.6) is 5.75 Å². The van der Waals surface area contributed by atoms with Crippen LogP contribution < -0.4 is 10.1 Å². The van der Waals surface area contributed by atoms with E-state index in [1.807, 2.05) is 13.8 Å². The summed E-state index contributed by atoms with van der Waals surface area (Å²) in [5, 5.41) is 2.75. The van der Waals surface area contributed by atoms with Crippen LogP contribution >= 0.6 is 0 Å². The molecule has 3 atom stereocenters. The van der Waals surface area contributed by atoms with E-state index in [-0.39, 0.29) is 42.2 Å². The second-order valence-electron chi connectivity index (χ2n) is 8.94. The van der Waals surface area contributed by atoms with Gasteiger partial charge in [0.15, 0.2) is 0 Å². The van der Waals surface area contributed by atoms with E-state index in [0.717, 1.165) is 0 Å². The number of nitrogens with zero attached hydrogens (tertiary/aromatic N) is 2. The summed E-state index contributed by atoms with van der Waals surface area (Å²) in [6.07, 6.45) is -0.268. The largest absolute Gasteiger partial charge is 0.491 e. The van der Waals surface area contributed by atoms with Crippen LogP contribution in [-0.4, -0.2) is 73.5 Å². The molecule has 3 amide bonds. The summed E-state index contributed by atoms with van der Waals surface area (Å²) in [5.74, 6) is -0.904. The average Bonchev–Trinajstić information content (AvgIpc) is 2.83. The fourth-order valence-electron chi connectivity index (χ4n) is 4.09. The molecule has 35 heavy (non-hydrogen) atoms. The minimum Gasteiger partial charge on any atom is -0.491 e. The molecule has 0 radical (unpaired) electrons. The number of benzene rings is 2. The van der Waals surface area contributed by atoms with Gasteiger partial charge in [-0.25, -0.2) is 4.39 Å². The third kappa shape index (κ3) is 6.36. The lowest BCUT2D eigenvalue weighted by Crippen LogP contribution is -2.48. The van der Waals surface area contributed by atoms with Crippen LogP contribution in [0, 0.1) is 11.7 Å². The number of hydrogen-bond acceptors (Lipinski definition) is 5. The summed E-state index contributed by atoms with van der Waals surface area (Å²) in [5.41, 5.74) is 1.04. The number of fused-ring (bicyclic) bond motifs is 1. The van der Waals surface area contributed by atoms with E-state index < -0.39 is 11.7 Å². The first kappa shape index (κ1) is 26.2. The third-order valence-corrected chi connectivity index (χ3v) is 6.22. The Labute approximate surface area is 205 Å². The number of ether oxygens (including phenoxy) is 2. The van der Waals surface area contributed by atoms with Gasteiger partial charge in [0.25, 0.3) is 11.8 Å². The summed E-state index contributed by atoms with van der Waals surface area (Å²) in [6.45, 7) is 6.34. The summed E-state index contributed by atoms with van der Waals surface area (Å²) in [7, 11) is 3.28. The molecule has 0 unspecified atom stereocenters. The number of nitrogens with one attached hydrogen (secondary N) is 1. The minimum absolute atomic E-state index is 0.00968. The molecule has 0 aliphatic carbocycles. The Balaban J connectivity index is 1.93. The van der Waals surface area contributed by atoms with Crippen LogP contribution in [0.25, 0.3) is 0 Å². The van der Waals surface area contributed by atoms with Gasteiger partial charge in [-0.1, -0.05) is 6.92 Å². The van der Waals surface area contributed by atoms with Gasteiger partial charge in [0, 0.05) is 57.4 Å². The van der Waals surface area contributed by atoms with Crippen molar-refractivity contribution >= 4 is 23.4 Å². The maximum absolute atomic E-state index is 13.3. The van der Waals surface area contributed by atoms with Crippen molar-refractivity contribution in [3.8, 4) is 5.75 Å². The Hall–Kier alpha value is -3.46. The molecule has 188 valence electrons. The quantitative estimate of drug-likeness (QED) is 0.720. The number of halogens is 1. The molecule has 0 saturated carbocycles. The van der Waals surface area contributed by atoms with Crippen molar-refractivity contribution in [1.82, 2.24) is 9.80 Å². The van der Waals surface area contributed by atoms with Gasteiger partial charge in [0.05, 0.1) is 17.7 Å². The zero-order valence-electron chi connectivity index (χ0n) is 20.7. The normalized spacial score (nSPS) is 21.3. The van der Waals surface area contributed by atoms with Gasteiger partial charge in [-0.2, -0.15) is 0 Å². The van der Waals surface area contributed by atoms with Crippen molar-refractivity contribution in [1.29, 1.82) is 0 Å². The maximum Gasteiger partial charge on any atom is 0.257 e. The van der Waals surface area contributed by atoms with Gasteiger partial charge in [0.2, 0.25) is 5.91 Å². The van der Waals surface area contributed by atoms with Gasteiger partial charge in [-0.05, 0) is 43.3 Å². The smallest absolute Gasteiger partial charge is 0.257 e. The third-order valence-electron chi connectivity index (χ3n) is 6.22. The molecule has 1 aliphatic heterocycles. The van der Waals surface area contributed by atoms with E-state index in [1.165, 1.54) is 31.2 Å². The molecule has 9 heteroatoms. The molecule has 0 spiro atoms. The topological polar surface area (TPSA) is 88.2 Å². The van der Waals surface area contributed by atoms with Crippen LogP contribution in [0.15, 0.2) is 42.5 Å². The Bertz CT molecular complexity index is 1080. The van der Waals surface area contributed by atoms with Crippen LogP contribution in [0.4, 0.5) is 10.1 Å². The highest BCUT2D eigenvalue weighted by molar-refractivity contribution is 6.05. The van der Waals surface area contributed by atoms with Gasteiger partial charge < -0.3 is 24.6 Å². The van der Waals surface area contributed by atoms with Crippen molar-refractivity contribution in [2.45, 2.75) is 32.9 Å². The Morgan fingerprint density at radius 2 is 1.80 bits per heavy atom. The number of likely N-dealkylation sites (N-methyl/N-ethyl adjacent to an activating group) is 1. The number of hydrogen-bond donors (Lipinski definition) is 1.